The van der Waals surface area contributed by atoms with Crippen LogP contribution in [0.3, 0.4) is 0 Å². The maximum atomic E-state index is 12.4. The summed E-state index contributed by atoms with van der Waals surface area (Å²) in [5, 5.41) is 5.89. The quantitative estimate of drug-likeness (QED) is 0.606. The van der Waals surface area contributed by atoms with Gasteiger partial charge in [-0.05, 0) is 62.2 Å². The van der Waals surface area contributed by atoms with E-state index in [4.69, 9.17) is 17.0 Å². The second-order valence-electron chi connectivity index (χ2n) is 7.29. The minimum Gasteiger partial charge on any atom is -0.377 e. The molecule has 3 rings (SSSR count). The SMILES string of the molecule is O=C(NC(=S)Nc1ccc(S(=O)(=O)NCC2CCCO2)cc1)C1CCCCC1. The molecule has 0 radical (unpaired) electrons. The average molecular weight is 426 g/mol. The molecular weight excluding hydrogens is 398 g/mol. The Bertz CT molecular complexity index is 784. The second-order valence-corrected chi connectivity index (χ2v) is 9.46. The third kappa shape index (κ3) is 5.97. The maximum absolute atomic E-state index is 12.4. The number of carbonyl (C=O) groups is 1. The summed E-state index contributed by atoms with van der Waals surface area (Å²) in [5.74, 6) is -0.0225. The third-order valence-electron chi connectivity index (χ3n) is 5.16. The van der Waals surface area contributed by atoms with Gasteiger partial charge in [0.25, 0.3) is 0 Å². The zero-order chi connectivity index (χ0) is 20.0. The largest absolute Gasteiger partial charge is 0.377 e. The fraction of sp³-hybridized carbons (Fsp3) is 0.579. The summed E-state index contributed by atoms with van der Waals surface area (Å²) < 4.78 is 32.8. The Hall–Kier alpha value is -1.55. The molecule has 1 aliphatic heterocycles. The van der Waals surface area contributed by atoms with Crippen LogP contribution in [-0.4, -0.2) is 38.7 Å². The third-order valence-corrected chi connectivity index (χ3v) is 6.80. The smallest absolute Gasteiger partial charge is 0.240 e. The average Bonchev–Trinajstić information content (AvgIpc) is 3.21. The van der Waals surface area contributed by atoms with Gasteiger partial charge in [-0.1, -0.05) is 19.3 Å². The Balaban J connectivity index is 1.50. The number of nitrogens with one attached hydrogen (secondary N) is 3. The summed E-state index contributed by atoms with van der Waals surface area (Å²) in [6.45, 7) is 0.962. The van der Waals surface area contributed by atoms with Crippen molar-refractivity contribution < 1.29 is 17.9 Å². The minimum absolute atomic E-state index is 0.0240. The van der Waals surface area contributed by atoms with E-state index in [0.717, 1.165) is 38.5 Å². The van der Waals surface area contributed by atoms with E-state index < -0.39 is 10.0 Å². The molecule has 1 saturated heterocycles. The van der Waals surface area contributed by atoms with E-state index in [-0.39, 0.29) is 34.5 Å². The number of thiocarbonyl (C=S) groups is 1. The highest BCUT2D eigenvalue weighted by Gasteiger charge is 2.22. The molecule has 1 saturated carbocycles. The van der Waals surface area contributed by atoms with Gasteiger partial charge in [0.1, 0.15) is 0 Å². The van der Waals surface area contributed by atoms with Crippen LogP contribution in [0.5, 0.6) is 0 Å². The van der Waals surface area contributed by atoms with E-state index >= 15 is 0 Å². The van der Waals surface area contributed by atoms with Gasteiger partial charge < -0.3 is 15.4 Å². The highest BCUT2D eigenvalue weighted by Crippen LogP contribution is 2.23. The molecule has 2 aliphatic rings. The highest BCUT2D eigenvalue weighted by atomic mass is 32.2. The van der Waals surface area contributed by atoms with Gasteiger partial charge in [0, 0.05) is 24.8 Å². The molecule has 9 heteroatoms. The normalized spacial score (nSPS) is 20.6. The predicted octanol–water partition coefficient (Wildman–Crippen LogP) is 2.54. The van der Waals surface area contributed by atoms with Crippen LogP contribution in [0.25, 0.3) is 0 Å². The Morgan fingerprint density at radius 2 is 1.79 bits per heavy atom. The van der Waals surface area contributed by atoms with Crippen LogP contribution in [0.4, 0.5) is 5.69 Å². The number of amides is 1. The van der Waals surface area contributed by atoms with Crippen LogP contribution in [-0.2, 0) is 19.6 Å². The van der Waals surface area contributed by atoms with E-state index in [0.29, 0.717) is 12.3 Å². The first-order valence-corrected chi connectivity index (χ1v) is 11.7. The van der Waals surface area contributed by atoms with E-state index in [1.165, 1.54) is 18.6 Å². The first-order valence-electron chi connectivity index (χ1n) is 9.77. The fourth-order valence-electron chi connectivity index (χ4n) is 3.55. The molecule has 0 spiro atoms. The lowest BCUT2D eigenvalue weighted by molar-refractivity contribution is -0.124. The molecule has 3 N–H and O–H groups in total. The van der Waals surface area contributed by atoms with Crippen LogP contribution in [0, 0.1) is 5.92 Å². The monoisotopic (exact) mass is 425 g/mol. The summed E-state index contributed by atoms with van der Waals surface area (Å²) in [7, 11) is -3.59. The van der Waals surface area contributed by atoms with Crippen molar-refractivity contribution in [3.63, 3.8) is 0 Å². The fourth-order valence-corrected chi connectivity index (χ4v) is 4.83. The van der Waals surface area contributed by atoms with Gasteiger partial charge in [-0.25, -0.2) is 13.1 Å². The molecule has 154 valence electrons. The molecule has 1 aromatic carbocycles. The lowest BCUT2D eigenvalue weighted by Crippen LogP contribution is -2.39. The molecule has 1 atom stereocenters. The van der Waals surface area contributed by atoms with Crippen molar-refractivity contribution in [1.29, 1.82) is 0 Å². The first kappa shape index (κ1) is 21.2. The zero-order valence-electron chi connectivity index (χ0n) is 15.8. The number of rotatable bonds is 6. The lowest BCUT2D eigenvalue weighted by Gasteiger charge is -2.21. The van der Waals surface area contributed by atoms with Gasteiger partial charge in [0.15, 0.2) is 5.11 Å². The molecule has 0 bridgehead atoms. The van der Waals surface area contributed by atoms with E-state index in [2.05, 4.69) is 15.4 Å². The van der Waals surface area contributed by atoms with Crippen molar-refractivity contribution in [2.45, 2.75) is 55.9 Å². The van der Waals surface area contributed by atoms with Gasteiger partial charge >= 0.3 is 0 Å². The van der Waals surface area contributed by atoms with Gasteiger partial charge in [0.05, 0.1) is 11.0 Å². The highest BCUT2D eigenvalue weighted by molar-refractivity contribution is 7.89. The summed E-state index contributed by atoms with van der Waals surface area (Å²) >= 11 is 5.20. The second kappa shape index (κ2) is 9.78. The van der Waals surface area contributed by atoms with Gasteiger partial charge in [-0.15, -0.1) is 0 Å². The van der Waals surface area contributed by atoms with E-state index in [9.17, 15) is 13.2 Å². The number of anilines is 1. The van der Waals surface area contributed by atoms with E-state index in [1.54, 1.807) is 12.1 Å². The lowest BCUT2D eigenvalue weighted by atomic mass is 9.89. The Labute approximate surface area is 171 Å². The molecular formula is C19H27N3O4S2. The summed E-state index contributed by atoms with van der Waals surface area (Å²) in [4.78, 5) is 12.4. The molecule has 2 fully saturated rings. The number of sulfonamides is 1. The van der Waals surface area contributed by atoms with Crippen LogP contribution < -0.4 is 15.4 Å². The van der Waals surface area contributed by atoms with Gasteiger partial charge in [0.2, 0.25) is 15.9 Å². The van der Waals surface area contributed by atoms with Crippen molar-refractivity contribution in [2.24, 2.45) is 5.92 Å². The Kier molecular flexibility index (Phi) is 7.39. The van der Waals surface area contributed by atoms with Crippen molar-refractivity contribution >= 4 is 38.9 Å². The van der Waals surface area contributed by atoms with Crippen LogP contribution >= 0.6 is 12.2 Å². The molecule has 7 nitrogen and oxygen atoms in total. The summed E-state index contributed by atoms with van der Waals surface area (Å²) in [6, 6.07) is 6.26. The predicted molar refractivity (Wildman–Crippen MR) is 112 cm³/mol. The summed E-state index contributed by atoms with van der Waals surface area (Å²) in [5.41, 5.74) is 0.618. The Morgan fingerprint density at radius 1 is 1.07 bits per heavy atom. The molecule has 28 heavy (non-hydrogen) atoms. The topological polar surface area (TPSA) is 96.5 Å². The van der Waals surface area contributed by atoms with Crippen molar-refractivity contribution in [3.8, 4) is 0 Å². The molecule has 0 aromatic heterocycles. The van der Waals surface area contributed by atoms with Crippen molar-refractivity contribution in [2.75, 3.05) is 18.5 Å². The minimum atomic E-state index is -3.59. The maximum Gasteiger partial charge on any atom is 0.240 e. The Morgan fingerprint density at radius 3 is 2.43 bits per heavy atom. The zero-order valence-corrected chi connectivity index (χ0v) is 17.4. The van der Waals surface area contributed by atoms with Crippen LogP contribution in [0.2, 0.25) is 0 Å². The van der Waals surface area contributed by atoms with Gasteiger partial charge in [-0.2, -0.15) is 0 Å². The first-order chi connectivity index (χ1) is 13.4. The molecule has 1 aromatic rings. The number of carbonyl (C=O) groups excluding carboxylic acids is 1. The number of ether oxygens (including phenoxy) is 1. The van der Waals surface area contributed by atoms with Crippen molar-refractivity contribution in [3.05, 3.63) is 24.3 Å². The molecule has 1 amide bonds. The van der Waals surface area contributed by atoms with Crippen molar-refractivity contribution in [1.82, 2.24) is 10.0 Å². The number of hydrogen-bond donors (Lipinski definition) is 3. The van der Waals surface area contributed by atoms with Crippen LogP contribution in [0.1, 0.15) is 44.9 Å². The standard InChI is InChI=1S/C19H27N3O4S2/c23-18(14-5-2-1-3-6-14)22-19(27)21-15-8-10-17(11-9-15)28(24,25)20-13-16-7-4-12-26-16/h8-11,14,16,20H,1-7,12-13H2,(H2,21,22,23,27). The van der Waals surface area contributed by atoms with Crippen LogP contribution in [0.15, 0.2) is 29.2 Å². The summed E-state index contributed by atoms with van der Waals surface area (Å²) in [6.07, 6.45) is 6.93. The molecule has 1 aliphatic carbocycles. The van der Waals surface area contributed by atoms with E-state index in [1.807, 2.05) is 0 Å². The molecule has 1 heterocycles. The van der Waals surface area contributed by atoms with Gasteiger partial charge in [-0.3, -0.25) is 4.79 Å². The number of hydrogen-bond acceptors (Lipinski definition) is 5. The number of benzene rings is 1. The molecule has 1 unspecified atom stereocenters.